The number of amides is 2. The zero-order valence-electron chi connectivity index (χ0n) is 17.7. The minimum Gasteiger partial charge on any atom is -0.493 e. The zero-order chi connectivity index (χ0) is 22.1. The van der Waals surface area contributed by atoms with E-state index in [1.54, 1.807) is 37.5 Å². The number of carbonyl (C=O) groups is 2. The summed E-state index contributed by atoms with van der Waals surface area (Å²) in [7, 11) is 3.08. The Morgan fingerprint density at radius 1 is 1.13 bits per heavy atom. The maximum Gasteiger partial charge on any atom is 0.291 e. The van der Waals surface area contributed by atoms with Crippen LogP contribution in [-0.4, -0.2) is 70.3 Å². The van der Waals surface area contributed by atoms with E-state index in [1.165, 1.54) is 19.4 Å². The highest BCUT2D eigenvalue weighted by atomic mass is 16.5. The number of hydrogen-bond donors (Lipinski definition) is 2. The van der Waals surface area contributed by atoms with Crippen LogP contribution < -0.4 is 20.1 Å². The van der Waals surface area contributed by atoms with Gasteiger partial charge in [0.2, 0.25) is 0 Å². The zero-order valence-corrected chi connectivity index (χ0v) is 17.7. The Bertz CT molecular complexity index is 904. The van der Waals surface area contributed by atoms with Crippen LogP contribution in [0.3, 0.4) is 0 Å². The summed E-state index contributed by atoms with van der Waals surface area (Å²) in [5.41, 5.74) is 0.756. The lowest BCUT2D eigenvalue weighted by molar-refractivity contribution is -0.117. The first-order valence-electron chi connectivity index (χ1n) is 9.97. The van der Waals surface area contributed by atoms with Gasteiger partial charge in [-0.15, -0.1) is 0 Å². The minimum absolute atomic E-state index is 0.0931. The van der Waals surface area contributed by atoms with Crippen molar-refractivity contribution in [3.05, 3.63) is 53.6 Å². The van der Waals surface area contributed by atoms with Crippen molar-refractivity contribution in [2.75, 3.05) is 53.6 Å². The van der Waals surface area contributed by atoms with Crippen molar-refractivity contribution in [3.63, 3.8) is 0 Å². The highest BCUT2D eigenvalue weighted by Crippen LogP contribution is 2.28. The molecule has 9 heteroatoms. The van der Waals surface area contributed by atoms with Crippen LogP contribution in [-0.2, 0) is 9.53 Å². The molecule has 0 aliphatic carbocycles. The van der Waals surface area contributed by atoms with Crippen molar-refractivity contribution in [2.24, 2.45) is 0 Å². The Hall–Kier alpha value is -3.30. The van der Waals surface area contributed by atoms with E-state index in [4.69, 9.17) is 18.6 Å². The number of rotatable bonds is 9. The lowest BCUT2D eigenvalue weighted by atomic mass is 10.1. The predicted octanol–water partition coefficient (Wildman–Crippen LogP) is 1.52. The molecule has 1 aliphatic rings. The highest BCUT2D eigenvalue weighted by Gasteiger charge is 2.17. The van der Waals surface area contributed by atoms with Crippen molar-refractivity contribution < 1.29 is 28.2 Å². The molecule has 166 valence electrons. The quantitative estimate of drug-likeness (QED) is 0.583. The van der Waals surface area contributed by atoms with Crippen LogP contribution in [0.2, 0.25) is 0 Å². The summed E-state index contributed by atoms with van der Waals surface area (Å²) in [4.78, 5) is 27.5. The molecule has 1 aliphatic heterocycles. The number of methoxy groups -OCH3 is 2. The van der Waals surface area contributed by atoms with Crippen LogP contribution in [0.5, 0.6) is 11.5 Å². The molecule has 1 fully saturated rings. The molecule has 2 aromatic rings. The molecule has 3 rings (SSSR count). The SMILES string of the molecule is COc1ccc(/C=C(/NC(=O)c2ccco2)C(=O)NCCN2CCOCC2)cc1OC. The molecule has 0 spiro atoms. The van der Waals surface area contributed by atoms with E-state index in [1.807, 2.05) is 0 Å². The van der Waals surface area contributed by atoms with Crippen LogP contribution >= 0.6 is 0 Å². The van der Waals surface area contributed by atoms with Gasteiger partial charge in [-0.25, -0.2) is 0 Å². The predicted molar refractivity (Wildman–Crippen MR) is 114 cm³/mol. The van der Waals surface area contributed by atoms with E-state index in [2.05, 4.69) is 15.5 Å². The summed E-state index contributed by atoms with van der Waals surface area (Å²) in [6, 6.07) is 8.35. The number of nitrogens with zero attached hydrogens (tertiary/aromatic N) is 1. The molecule has 9 nitrogen and oxygen atoms in total. The van der Waals surface area contributed by atoms with Crippen LogP contribution in [0.15, 0.2) is 46.7 Å². The second-order valence-corrected chi connectivity index (χ2v) is 6.81. The monoisotopic (exact) mass is 429 g/mol. The van der Waals surface area contributed by atoms with E-state index in [-0.39, 0.29) is 11.5 Å². The molecule has 2 heterocycles. The second kappa shape index (κ2) is 11.2. The molecule has 2 amide bonds. The fourth-order valence-corrected chi connectivity index (χ4v) is 3.11. The van der Waals surface area contributed by atoms with Crippen molar-refractivity contribution in [1.82, 2.24) is 15.5 Å². The number of carbonyl (C=O) groups excluding carboxylic acids is 2. The normalized spacial score (nSPS) is 14.7. The molecule has 31 heavy (non-hydrogen) atoms. The molecule has 2 N–H and O–H groups in total. The van der Waals surface area contributed by atoms with Crippen LogP contribution in [0, 0.1) is 0 Å². The third-order valence-electron chi connectivity index (χ3n) is 4.77. The lowest BCUT2D eigenvalue weighted by Crippen LogP contribution is -2.42. The summed E-state index contributed by atoms with van der Waals surface area (Å²) in [6.07, 6.45) is 2.97. The Balaban J connectivity index is 1.74. The molecule has 1 aromatic heterocycles. The first-order valence-corrected chi connectivity index (χ1v) is 9.97. The average Bonchev–Trinajstić information content (AvgIpc) is 3.34. The van der Waals surface area contributed by atoms with E-state index < -0.39 is 11.8 Å². The largest absolute Gasteiger partial charge is 0.493 e. The molecule has 0 radical (unpaired) electrons. The van der Waals surface area contributed by atoms with E-state index in [9.17, 15) is 9.59 Å². The van der Waals surface area contributed by atoms with Gasteiger partial charge in [0.05, 0.1) is 33.7 Å². The molecule has 0 saturated carbocycles. The summed E-state index contributed by atoms with van der Waals surface area (Å²) in [6.45, 7) is 4.19. The molecule has 0 bridgehead atoms. The maximum atomic E-state index is 12.8. The number of benzene rings is 1. The van der Waals surface area contributed by atoms with Gasteiger partial charge in [0.25, 0.3) is 11.8 Å². The van der Waals surface area contributed by atoms with E-state index >= 15 is 0 Å². The third kappa shape index (κ3) is 6.34. The Labute approximate surface area is 180 Å². The van der Waals surface area contributed by atoms with Crippen LogP contribution in [0.25, 0.3) is 6.08 Å². The molecule has 1 saturated heterocycles. The van der Waals surface area contributed by atoms with Gasteiger partial charge in [-0.05, 0) is 35.9 Å². The number of hydrogen-bond acceptors (Lipinski definition) is 7. The fraction of sp³-hybridized carbons (Fsp3) is 0.364. The topological polar surface area (TPSA) is 102 Å². The van der Waals surface area contributed by atoms with Crippen molar-refractivity contribution >= 4 is 17.9 Å². The first kappa shape index (κ1) is 22.4. The summed E-state index contributed by atoms with van der Waals surface area (Å²) >= 11 is 0. The lowest BCUT2D eigenvalue weighted by Gasteiger charge is -2.26. The number of morpholine rings is 1. The van der Waals surface area contributed by atoms with Gasteiger partial charge < -0.3 is 29.3 Å². The smallest absolute Gasteiger partial charge is 0.291 e. The van der Waals surface area contributed by atoms with Crippen molar-refractivity contribution in [2.45, 2.75) is 0 Å². The molecule has 0 atom stereocenters. The second-order valence-electron chi connectivity index (χ2n) is 6.81. The number of ether oxygens (including phenoxy) is 3. The van der Waals surface area contributed by atoms with Gasteiger partial charge in [-0.3, -0.25) is 14.5 Å². The molecule has 1 aromatic carbocycles. The van der Waals surface area contributed by atoms with E-state index in [0.29, 0.717) is 43.4 Å². The standard InChI is InChI=1S/C22H27N3O6/c1-28-18-6-5-16(15-20(18)29-2)14-17(24-22(27)19-4-3-11-31-19)21(26)23-7-8-25-9-12-30-13-10-25/h3-6,11,14-15H,7-10,12-13H2,1-2H3,(H,23,26)(H,24,27)/b17-14+. The number of nitrogens with one attached hydrogen (secondary N) is 2. The summed E-state index contributed by atoms with van der Waals surface area (Å²) in [5, 5.41) is 5.49. The van der Waals surface area contributed by atoms with Gasteiger partial charge in [-0.1, -0.05) is 6.07 Å². The fourth-order valence-electron chi connectivity index (χ4n) is 3.11. The Morgan fingerprint density at radius 3 is 2.58 bits per heavy atom. The molecule has 0 unspecified atom stereocenters. The highest BCUT2D eigenvalue weighted by molar-refractivity contribution is 6.04. The van der Waals surface area contributed by atoms with Crippen LogP contribution in [0.4, 0.5) is 0 Å². The third-order valence-corrected chi connectivity index (χ3v) is 4.77. The van der Waals surface area contributed by atoms with Crippen molar-refractivity contribution in [3.8, 4) is 11.5 Å². The van der Waals surface area contributed by atoms with Gasteiger partial charge in [-0.2, -0.15) is 0 Å². The number of furan rings is 1. The minimum atomic E-state index is -0.514. The van der Waals surface area contributed by atoms with Gasteiger partial charge >= 0.3 is 0 Å². The Kier molecular flexibility index (Phi) is 8.08. The van der Waals surface area contributed by atoms with Gasteiger partial charge in [0.1, 0.15) is 5.70 Å². The maximum absolute atomic E-state index is 12.8. The first-order chi connectivity index (χ1) is 15.1. The molecular formula is C22H27N3O6. The van der Waals surface area contributed by atoms with E-state index in [0.717, 1.165) is 13.1 Å². The van der Waals surface area contributed by atoms with Crippen LogP contribution in [0.1, 0.15) is 16.1 Å². The average molecular weight is 429 g/mol. The Morgan fingerprint density at radius 2 is 1.90 bits per heavy atom. The van der Waals surface area contributed by atoms with Crippen molar-refractivity contribution in [1.29, 1.82) is 0 Å². The van der Waals surface area contributed by atoms with Gasteiger partial charge in [0, 0.05) is 26.2 Å². The summed E-state index contributed by atoms with van der Waals surface area (Å²) < 4.78 is 21.0. The summed E-state index contributed by atoms with van der Waals surface area (Å²) in [5.74, 6) is 0.277. The molecular weight excluding hydrogens is 402 g/mol. The van der Waals surface area contributed by atoms with Gasteiger partial charge in [0.15, 0.2) is 17.3 Å².